The first-order chi connectivity index (χ1) is 16.3. The summed E-state index contributed by atoms with van der Waals surface area (Å²) in [6.07, 6.45) is 1.48. The summed E-state index contributed by atoms with van der Waals surface area (Å²) in [7, 11) is -3.56. The Bertz CT molecular complexity index is 1130. The fraction of sp³-hybridized carbons (Fsp3) is 0.462. The third-order valence-electron chi connectivity index (χ3n) is 5.86. The fourth-order valence-corrected chi connectivity index (χ4v) is 4.78. The van der Waals surface area contributed by atoms with Gasteiger partial charge >= 0.3 is 0 Å². The molecule has 0 bridgehead atoms. The van der Waals surface area contributed by atoms with Crippen LogP contribution in [0.1, 0.15) is 50.3 Å². The predicted octanol–water partition coefficient (Wildman–Crippen LogP) is 3.93. The molecular formula is C26H36FN3O4S. The van der Waals surface area contributed by atoms with E-state index in [1.807, 2.05) is 33.8 Å². The van der Waals surface area contributed by atoms with E-state index in [-0.39, 0.29) is 49.6 Å². The Kier molecular flexibility index (Phi) is 9.82. The van der Waals surface area contributed by atoms with Crippen molar-refractivity contribution in [3.8, 4) is 0 Å². The first-order valence-electron chi connectivity index (χ1n) is 11.7. The van der Waals surface area contributed by atoms with Gasteiger partial charge in [0.15, 0.2) is 0 Å². The van der Waals surface area contributed by atoms with Gasteiger partial charge in [-0.1, -0.05) is 24.3 Å². The summed E-state index contributed by atoms with van der Waals surface area (Å²) in [4.78, 5) is 27.3. The van der Waals surface area contributed by atoms with E-state index in [4.69, 9.17) is 0 Å². The summed E-state index contributed by atoms with van der Waals surface area (Å²) in [5.74, 6) is -0.955. The van der Waals surface area contributed by atoms with Crippen LogP contribution in [-0.2, 0) is 26.2 Å². The normalized spacial score (nSPS) is 12.3. The second kappa shape index (κ2) is 12.2. The van der Waals surface area contributed by atoms with Crippen molar-refractivity contribution in [2.24, 2.45) is 0 Å². The second-order valence-corrected chi connectivity index (χ2v) is 11.1. The zero-order chi connectivity index (χ0) is 26.3. The van der Waals surface area contributed by atoms with E-state index in [2.05, 4.69) is 5.32 Å². The maximum Gasteiger partial charge on any atom is 0.242 e. The van der Waals surface area contributed by atoms with Crippen LogP contribution in [0.4, 0.5) is 10.1 Å². The minimum absolute atomic E-state index is 0.0530. The highest BCUT2D eigenvalue weighted by molar-refractivity contribution is 7.92. The van der Waals surface area contributed by atoms with Crippen LogP contribution < -0.4 is 9.62 Å². The molecule has 35 heavy (non-hydrogen) atoms. The van der Waals surface area contributed by atoms with Crippen LogP contribution in [0.25, 0.3) is 0 Å². The zero-order valence-electron chi connectivity index (χ0n) is 21.3. The largest absolute Gasteiger partial charge is 0.352 e. The molecule has 192 valence electrons. The van der Waals surface area contributed by atoms with Crippen LogP contribution in [0, 0.1) is 19.7 Å². The lowest BCUT2D eigenvalue weighted by atomic mass is 10.1. The third-order valence-corrected chi connectivity index (χ3v) is 7.04. The average Bonchev–Trinajstić information content (AvgIpc) is 2.76. The predicted molar refractivity (Wildman–Crippen MR) is 137 cm³/mol. The number of anilines is 1. The standard InChI is InChI=1S/C26H36FN3O4S/c1-18(2)28-26(32)21(5)29(17-22-12-14-23(27)15-13-22)25(31)11-8-16-30(35(6,33)34)24-10-7-9-19(3)20(24)4/h7,9-10,12-15,18,21H,8,11,16-17H2,1-6H3,(H,28,32). The van der Waals surface area contributed by atoms with Gasteiger partial charge in [-0.3, -0.25) is 13.9 Å². The van der Waals surface area contributed by atoms with E-state index in [1.165, 1.54) is 21.3 Å². The number of benzene rings is 2. The smallest absolute Gasteiger partial charge is 0.242 e. The molecule has 7 nitrogen and oxygen atoms in total. The summed E-state index contributed by atoms with van der Waals surface area (Å²) < 4.78 is 39.7. The molecule has 2 amide bonds. The summed E-state index contributed by atoms with van der Waals surface area (Å²) in [5, 5.41) is 2.82. The van der Waals surface area contributed by atoms with Crippen molar-refractivity contribution in [1.29, 1.82) is 0 Å². The Labute approximate surface area is 208 Å². The first-order valence-corrected chi connectivity index (χ1v) is 13.5. The van der Waals surface area contributed by atoms with Crippen molar-refractivity contribution >= 4 is 27.5 Å². The lowest BCUT2D eigenvalue weighted by Crippen LogP contribution is -2.49. The molecule has 0 saturated carbocycles. The van der Waals surface area contributed by atoms with Gasteiger partial charge < -0.3 is 10.2 Å². The van der Waals surface area contributed by atoms with Crippen molar-refractivity contribution in [3.63, 3.8) is 0 Å². The summed E-state index contributed by atoms with van der Waals surface area (Å²) >= 11 is 0. The minimum atomic E-state index is -3.56. The van der Waals surface area contributed by atoms with Gasteiger partial charge in [0.05, 0.1) is 11.9 Å². The molecule has 1 N–H and O–H groups in total. The molecule has 0 saturated heterocycles. The van der Waals surface area contributed by atoms with Gasteiger partial charge in [-0.15, -0.1) is 0 Å². The number of aryl methyl sites for hydroxylation is 1. The zero-order valence-corrected chi connectivity index (χ0v) is 22.2. The number of nitrogens with zero attached hydrogens (tertiary/aromatic N) is 2. The molecule has 1 atom stereocenters. The van der Waals surface area contributed by atoms with E-state index in [0.717, 1.165) is 17.4 Å². The maximum atomic E-state index is 13.3. The summed E-state index contributed by atoms with van der Waals surface area (Å²) in [5.41, 5.74) is 3.12. The number of hydrogen-bond donors (Lipinski definition) is 1. The minimum Gasteiger partial charge on any atom is -0.352 e. The van der Waals surface area contributed by atoms with Crippen LogP contribution in [0.2, 0.25) is 0 Å². The Morgan fingerprint density at radius 3 is 2.23 bits per heavy atom. The quantitative estimate of drug-likeness (QED) is 0.501. The molecule has 9 heteroatoms. The Morgan fingerprint density at radius 2 is 1.66 bits per heavy atom. The maximum absolute atomic E-state index is 13.3. The number of sulfonamides is 1. The van der Waals surface area contributed by atoms with Crippen molar-refractivity contribution in [2.75, 3.05) is 17.1 Å². The topological polar surface area (TPSA) is 86.8 Å². The molecule has 0 fully saturated rings. The van der Waals surface area contributed by atoms with Crippen LogP contribution in [-0.4, -0.2) is 50.0 Å². The molecule has 0 aromatic heterocycles. The van der Waals surface area contributed by atoms with Gasteiger partial charge in [-0.05, 0) is 75.9 Å². The molecular weight excluding hydrogens is 469 g/mol. The molecule has 0 radical (unpaired) electrons. The number of rotatable bonds is 11. The number of amides is 2. The van der Waals surface area contributed by atoms with E-state index >= 15 is 0 Å². The van der Waals surface area contributed by atoms with Crippen molar-refractivity contribution in [3.05, 3.63) is 65.0 Å². The molecule has 0 aliphatic carbocycles. The highest BCUT2D eigenvalue weighted by Gasteiger charge is 2.27. The van der Waals surface area contributed by atoms with E-state index in [9.17, 15) is 22.4 Å². The summed E-state index contributed by atoms with van der Waals surface area (Å²) in [6.45, 7) is 9.38. The molecule has 1 unspecified atom stereocenters. The van der Waals surface area contributed by atoms with Gasteiger partial charge in [0, 0.05) is 25.6 Å². The molecule has 2 rings (SSSR count). The molecule has 0 aliphatic heterocycles. The van der Waals surface area contributed by atoms with Crippen LogP contribution in [0.3, 0.4) is 0 Å². The lowest BCUT2D eigenvalue weighted by molar-refractivity contribution is -0.140. The van der Waals surface area contributed by atoms with Gasteiger partial charge in [0.1, 0.15) is 11.9 Å². The highest BCUT2D eigenvalue weighted by atomic mass is 32.2. The molecule has 0 heterocycles. The second-order valence-electron chi connectivity index (χ2n) is 9.15. The monoisotopic (exact) mass is 505 g/mol. The average molecular weight is 506 g/mol. The van der Waals surface area contributed by atoms with Crippen LogP contribution in [0.15, 0.2) is 42.5 Å². The van der Waals surface area contributed by atoms with Crippen LogP contribution in [0.5, 0.6) is 0 Å². The van der Waals surface area contributed by atoms with E-state index in [0.29, 0.717) is 11.3 Å². The first kappa shape index (κ1) is 28.3. The molecule has 2 aromatic rings. The number of carbonyl (C=O) groups excluding carboxylic acids is 2. The molecule has 0 spiro atoms. The summed E-state index contributed by atoms with van der Waals surface area (Å²) in [6, 6.07) is 10.4. The third kappa shape index (κ3) is 8.06. The van der Waals surface area contributed by atoms with E-state index < -0.39 is 16.1 Å². The molecule has 2 aromatic carbocycles. The van der Waals surface area contributed by atoms with Gasteiger partial charge in [0.2, 0.25) is 21.8 Å². The fourth-order valence-electron chi connectivity index (χ4n) is 3.76. The lowest BCUT2D eigenvalue weighted by Gasteiger charge is -2.30. The highest BCUT2D eigenvalue weighted by Crippen LogP contribution is 2.25. The number of halogens is 1. The Balaban J connectivity index is 2.20. The van der Waals surface area contributed by atoms with E-state index in [1.54, 1.807) is 31.2 Å². The Hall–Kier alpha value is -2.94. The SMILES string of the molecule is Cc1cccc(N(CCCC(=O)N(Cc2ccc(F)cc2)C(C)C(=O)NC(C)C)S(C)(=O)=O)c1C. The van der Waals surface area contributed by atoms with Gasteiger partial charge in [-0.25, -0.2) is 12.8 Å². The van der Waals surface area contributed by atoms with Crippen LogP contribution >= 0.6 is 0 Å². The van der Waals surface area contributed by atoms with Gasteiger partial charge in [0.25, 0.3) is 0 Å². The number of nitrogens with one attached hydrogen (secondary N) is 1. The van der Waals surface area contributed by atoms with Crippen molar-refractivity contribution in [1.82, 2.24) is 10.2 Å². The number of carbonyl (C=O) groups is 2. The van der Waals surface area contributed by atoms with Crippen molar-refractivity contribution in [2.45, 2.75) is 66.1 Å². The van der Waals surface area contributed by atoms with Gasteiger partial charge in [-0.2, -0.15) is 0 Å². The Morgan fingerprint density at radius 1 is 1.03 bits per heavy atom. The molecule has 0 aliphatic rings. The number of hydrogen-bond acceptors (Lipinski definition) is 4. The van der Waals surface area contributed by atoms with Crippen molar-refractivity contribution < 1.29 is 22.4 Å².